The second-order valence-electron chi connectivity index (χ2n) is 5.07. The summed E-state index contributed by atoms with van der Waals surface area (Å²) in [6.07, 6.45) is 1.90. The van der Waals surface area contributed by atoms with Gasteiger partial charge >= 0.3 is 0 Å². The first-order valence-electron chi connectivity index (χ1n) is 6.65. The summed E-state index contributed by atoms with van der Waals surface area (Å²) < 4.78 is 37.1. The van der Waals surface area contributed by atoms with Gasteiger partial charge in [0.2, 0.25) is 5.91 Å². The maximum absolute atomic E-state index is 13.0. The second-order valence-corrected chi connectivity index (χ2v) is 7.14. The molecule has 1 aromatic rings. The molecule has 0 aliphatic heterocycles. The molecule has 0 unspecified atom stereocenters. The van der Waals surface area contributed by atoms with Gasteiger partial charge in [-0.25, -0.2) is 12.8 Å². The zero-order chi connectivity index (χ0) is 14.8. The molecule has 0 saturated heterocycles. The van der Waals surface area contributed by atoms with E-state index in [9.17, 15) is 17.6 Å². The molecule has 1 fully saturated rings. The van der Waals surface area contributed by atoms with Crippen LogP contribution < -0.4 is 0 Å². The Morgan fingerprint density at radius 3 is 2.65 bits per heavy atom. The van der Waals surface area contributed by atoms with Gasteiger partial charge in [0.05, 0.1) is 5.75 Å². The van der Waals surface area contributed by atoms with Gasteiger partial charge in [-0.2, -0.15) is 0 Å². The van der Waals surface area contributed by atoms with E-state index < -0.39 is 21.4 Å². The molecule has 0 radical (unpaired) electrons. The molecule has 1 aromatic carbocycles. The Morgan fingerprint density at radius 1 is 1.40 bits per heavy atom. The van der Waals surface area contributed by atoms with Crippen LogP contribution in [0.25, 0.3) is 0 Å². The number of hydrogen-bond donors (Lipinski definition) is 0. The Hall–Kier alpha value is -1.43. The molecule has 0 N–H and O–H groups in total. The van der Waals surface area contributed by atoms with Crippen LogP contribution in [0.3, 0.4) is 0 Å². The first kappa shape index (κ1) is 15.0. The molecule has 20 heavy (non-hydrogen) atoms. The lowest BCUT2D eigenvalue weighted by Gasteiger charge is -2.20. The lowest BCUT2D eigenvalue weighted by Crippen LogP contribution is -2.37. The van der Waals surface area contributed by atoms with Crippen molar-refractivity contribution in [2.75, 3.05) is 12.3 Å². The molecule has 4 nitrogen and oxygen atoms in total. The Morgan fingerprint density at radius 2 is 2.10 bits per heavy atom. The fraction of sp³-hybridized carbons (Fsp3) is 0.500. The average Bonchev–Trinajstić information content (AvgIpc) is 3.12. The number of hydrogen-bond acceptors (Lipinski definition) is 3. The van der Waals surface area contributed by atoms with Gasteiger partial charge in [0.15, 0.2) is 9.84 Å². The number of sulfone groups is 1. The van der Waals surface area contributed by atoms with Crippen LogP contribution in [-0.2, 0) is 20.4 Å². The second kappa shape index (κ2) is 5.91. The van der Waals surface area contributed by atoms with E-state index in [4.69, 9.17) is 0 Å². The van der Waals surface area contributed by atoms with Crippen LogP contribution in [0, 0.1) is 5.82 Å². The molecule has 6 heteroatoms. The number of amides is 1. The van der Waals surface area contributed by atoms with Gasteiger partial charge in [0.1, 0.15) is 11.6 Å². The van der Waals surface area contributed by atoms with E-state index >= 15 is 0 Å². The molecule has 1 aliphatic carbocycles. The van der Waals surface area contributed by atoms with E-state index in [0.29, 0.717) is 12.1 Å². The third-order valence-electron chi connectivity index (χ3n) is 3.27. The first-order chi connectivity index (χ1) is 9.41. The highest BCUT2D eigenvalue weighted by Gasteiger charge is 2.33. The standard InChI is InChI=1S/C14H18FNO3S/c1-2-16(13-6-7-13)14(17)10-20(18,19)9-11-4-3-5-12(15)8-11/h3-5,8,13H,2,6-7,9-10H2,1H3. The summed E-state index contributed by atoms with van der Waals surface area (Å²) in [7, 11) is -3.57. The summed E-state index contributed by atoms with van der Waals surface area (Å²) in [4.78, 5) is 13.6. The molecular weight excluding hydrogens is 281 g/mol. The molecule has 0 aromatic heterocycles. The minimum atomic E-state index is -3.57. The predicted molar refractivity (Wildman–Crippen MR) is 74.3 cm³/mol. The lowest BCUT2D eigenvalue weighted by atomic mass is 10.2. The van der Waals surface area contributed by atoms with Crippen molar-refractivity contribution in [2.24, 2.45) is 0 Å². The molecule has 110 valence electrons. The van der Waals surface area contributed by atoms with Crippen LogP contribution in [-0.4, -0.2) is 37.6 Å². The first-order valence-corrected chi connectivity index (χ1v) is 8.48. The number of benzene rings is 1. The SMILES string of the molecule is CCN(C(=O)CS(=O)(=O)Cc1cccc(F)c1)C1CC1. The van der Waals surface area contributed by atoms with Gasteiger partial charge < -0.3 is 4.90 Å². The fourth-order valence-corrected chi connectivity index (χ4v) is 3.56. The molecule has 2 rings (SSSR count). The molecule has 1 amide bonds. The highest BCUT2D eigenvalue weighted by Crippen LogP contribution is 2.26. The van der Waals surface area contributed by atoms with Crippen molar-refractivity contribution in [3.8, 4) is 0 Å². The largest absolute Gasteiger partial charge is 0.339 e. The van der Waals surface area contributed by atoms with Gasteiger partial charge in [0, 0.05) is 12.6 Å². The van der Waals surface area contributed by atoms with Crippen molar-refractivity contribution in [1.29, 1.82) is 0 Å². The molecular formula is C14H18FNO3S. The summed E-state index contributed by atoms with van der Waals surface area (Å²) in [6.45, 7) is 2.37. The van der Waals surface area contributed by atoms with Gasteiger partial charge in [-0.1, -0.05) is 12.1 Å². The van der Waals surface area contributed by atoms with Crippen molar-refractivity contribution >= 4 is 15.7 Å². The van der Waals surface area contributed by atoms with Crippen molar-refractivity contribution in [1.82, 2.24) is 4.90 Å². The Kier molecular flexibility index (Phi) is 4.42. The third kappa shape index (κ3) is 4.03. The zero-order valence-electron chi connectivity index (χ0n) is 11.4. The summed E-state index contributed by atoms with van der Waals surface area (Å²) in [5, 5.41) is 0. The van der Waals surface area contributed by atoms with Gasteiger partial charge in [0.25, 0.3) is 0 Å². The normalized spacial score (nSPS) is 15.1. The number of nitrogens with zero attached hydrogens (tertiary/aromatic N) is 1. The number of carbonyl (C=O) groups is 1. The minimum Gasteiger partial charge on any atom is -0.339 e. The number of halogens is 1. The highest BCUT2D eigenvalue weighted by atomic mass is 32.2. The predicted octanol–water partition coefficient (Wildman–Crippen LogP) is 1.75. The maximum Gasteiger partial charge on any atom is 0.238 e. The maximum atomic E-state index is 13.0. The molecule has 1 aliphatic rings. The minimum absolute atomic E-state index is 0.205. The Bertz CT molecular complexity index is 596. The molecule has 0 heterocycles. The monoisotopic (exact) mass is 299 g/mol. The van der Waals surface area contributed by atoms with Crippen LogP contribution in [0.4, 0.5) is 4.39 Å². The van der Waals surface area contributed by atoms with Crippen LogP contribution in [0.15, 0.2) is 24.3 Å². The van der Waals surface area contributed by atoms with Gasteiger partial charge in [-0.3, -0.25) is 4.79 Å². The van der Waals surface area contributed by atoms with Gasteiger partial charge in [-0.05, 0) is 37.5 Å². The van der Waals surface area contributed by atoms with Crippen LogP contribution in [0.5, 0.6) is 0 Å². The summed E-state index contributed by atoms with van der Waals surface area (Å²) in [5.74, 6) is -1.64. The summed E-state index contributed by atoms with van der Waals surface area (Å²) >= 11 is 0. The molecule has 0 bridgehead atoms. The number of rotatable bonds is 6. The van der Waals surface area contributed by atoms with E-state index in [-0.39, 0.29) is 17.7 Å². The van der Waals surface area contributed by atoms with E-state index in [0.717, 1.165) is 12.8 Å². The van der Waals surface area contributed by atoms with Crippen molar-refractivity contribution < 1.29 is 17.6 Å². The van der Waals surface area contributed by atoms with Crippen LogP contribution in [0.1, 0.15) is 25.3 Å². The fourth-order valence-electron chi connectivity index (χ4n) is 2.23. The Balaban J connectivity index is 2.01. The smallest absolute Gasteiger partial charge is 0.238 e. The number of carbonyl (C=O) groups excluding carboxylic acids is 1. The molecule has 0 spiro atoms. The summed E-state index contributed by atoms with van der Waals surface area (Å²) in [6, 6.07) is 5.65. The van der Waals surface area contributed by atoms with Crippen LogP contribution >= 0.6 is 0 Å². The van der Waals surface area contributed by atoms with Crippen molar-refractivity contribution in [2.45, 2.75) is 31.6 Å². The van der Waals surface area contributed by atoms with Crippen LogP contribution in [0.2, 0.25) is 0 Å². The van der Waals surface area contributed by atoms with E-state index in [1.54, 1.807) is 11.0 Å². The van der Waals surface area contributed by atoms with E-state index in [1.807, 2.05) is 6.92 Å². The van der Waals surface area contributed by atoms with Crippen molar-refractivity contribution in [3.63, 3.8) is 0 Å². The van der Waals surface area contributed by atoms with Gasteiger partial charge in [-0.15, -0.1) is 0 Å². The Labute approximate surface area is 118 Å². The van der Waals surface area contributed by atoms with Crippen molar-refractivity contribution in [3.05, 3.63) is 35.6 Å². The van der Waals surface area contributed by atoms with E-state index in [2.05, 4.69) is 0 Å². The molecule has 0 atom stereocenters. The molecule has 1 saturated carbocycles. The third-order valence-corrected chi connectivity index (χ3v) is 4.73. The zero-order valence-corrected chi connectivity index (χ0v) is 12.2. The topological polar surface area (TPSA) is 54.5 Å². The average molecular weight is 299 g/mol. The highest BCUT2D eigenvalue weighted by molar-refractivity contribution is 7.91. The summed E-state index contributed by atoms with van der Waals surface area (Å²) in [5.41, 5.74) is 0.368. The quantitative estimate of drug-likeness (QED) is 0.804. The van der Waals surface area contributed by atoms with E-state index in [1.165, 1.54) is 18.2 Å². The lowest BCUT2D eigenvalue weighted by molar-refractivity contribution is -0.128.